The Hall–Kier alpha value is -2.14. The number of halogens is 1. The van der Waals surface area contributed by atoms with Crippen molar-refractivity contribution in [1.82, 2.24) is 0 Å². The van der Waals surface area contributed by atoms with Crippen LogP contribution >= 0.6 is 11.6 Å². The minimum absolute atomic E-state index is 0.0564. The van der Waals surface area contributed by atoms with Crippen molar-refractivity contribution in [2.75, 3.05) is 13.7 Å². The summed E-state index contributed by atoms with van der Waals surface area (Å²) >= 11 is 6.02. The Morgan fingerprint density at radius 2 is 1.69 bits per heavy atom. The second-order valence-electron chi connectivity index (χ2n) is 8.06. The first kappa shape index (κ1) is 21.6. The molecule has 0 spiro atoms. The number of ether oxygens (including phenoxy) is 2. The minimum atomic E-state index is -1.18. The quantitative estimate of drug-likeness (QED) is 0.689. The summed E-state index contributed by atoms with van der Waals surface area (Å²) in [7, 11) is 1.53. The third-order valence-corrected chi connectivity index (χ3v) is 5.60. The van der Waals surface area contributed by atoms with Crippen LogP contribution in [0.15, 0.2) is 48.2 Å². The molecule has 29 heavy (non-hydrogen) atoms. The van der Waals surface area contributed by atoms with Gasteiger partial charge in [-0.25, -0.2) is 0 Å². The number of hydrogen-bond acceptors (Lipinski definition) is 4. The molecule has 0 aromatic heterocycles. The number of hydrogen-bond donors (Lipinski definition) is 1. The van der Waals surface area contributed by atoms with Gasteiger partial charge >= 0.3 is 0 Å². The first-order valence-electron chi connectivity index (χ1n) is 9.70. The highest BCUT2D eigenvalue weighted by Crippen LogP contribution is 2.42. The first-order valence-corrected chi connectivity index (χ1v) is 10.1. The second kappa shape index (κ2) is 7.94. The molecule has 5 heteroatoms. The van der Waals surface area contributed by atoms with Crippen molar-refractivity contribution in [2.24, 2.45) is 0 Å². The zero-order valence-corrected chi connectivity index (χ0v) is 18.3. The Morgan fingerprint density at radius 1 is 1.07 bits per heavy atom. The molecule has 0 radical (unpaired) electrons. The summed E-state index contributed by atoms with van der Waals surface area (Å²) in [6.07, 6.45) is 0.725. The molecule has 0 bridgehead atoms. The van der Waals surface area contributed by atoms with Crippen molar-refractivity contribution in [3.8, 4) is 11.1 Å². The van der Waals surface area contributed by atoms with Gasteiger partial charge in [0.1, 0.15) is 11.4 Å². The van der Waals surface area contributed by atoms with Crippen molar-refractivity contribution in [3.63, 3.8) is 0 Å². The molecule has 3 rings (SSSR count). The maximum absolute atomic E-state index is 13.5. The normalized spacial score (nSPS) is 21.5. The monoisotopic (exact) mass is 414 g/mol. The van der Waals surface area contributed by atoms with E-state index in [1.165, 1.54) is 7.11 Å². The van der Waals surface area contributed by atoms with Crippen molar-refractivity contribution in [1.29, 1.82) is 0 Å². The van der Waals surface area contributed by atoms with Crippen molar-refractivity contribution < 1.29 is 19.4 Å². The fraction of sp³-hybridized carbons (Fsp3) is 0.375. The van der Waals surface area contributed by atoms with Crippen LogP contribution in [-0.4, -0.2) is 35.8 Å². The zero-order chi connectivity index (χ0) is 21.4. The number of aliphatic hydroxyl groups is 1. The molecule has 1 heterocycles. The van der Waals surface area contributed by atoms with Gasteiger partial charge in [-0.05, 0) is 67.6 Å². The molecule has 0 amide bonds. The van der Waals surface area contributed by atoms with Gasteiger partial charge in [0.25, 0.3) is 0 Å². The number of carbonyl (C=O) groups is 1. The minimum Gasteiger partial charge on any atom is -0.508 e. The van der Waals surface area contributed by atoms with Gasteiger partial charge in [-0.1, -0.05) is 42.8 Å². The van der Waals surface area contributed by atoms with Crippen LogP contribution in [0.5, 0.6) is 0 Å². The lowest BCUT2D eigenvalue weighted by atomic mass is 9.80. The van der Waals surface area contributed by atoms with Gasteiger partial charge < -0.3 is 14.6 Å². The molecule has 1 unspecified atom stereocenters. The molecule has 0 saturated heterocycles. The van der Waals surface area contributed by atoms with Gasteiger partial charge in [0.2, 0.25) is 5.78 Å². The average molecular weight is 415 g/mol. The van der Waals surface area contributed by atoms with Crippen LogP contribution in [0.3, 0.4) is 0 Å². The maximum Gasteiger partial charge on any atom is 0.200 e. The van der Waals surface area contributed by atoms with E-state index in [9.17, 15) is 9.90 Å². The van der Waals surface area contributed by atoms with Crippen LogP contribution in [0, 0.1) is 0 Å². The summed E-state index contributed by atoms with van der Waals surface area (Å²) in [4.78, 5) is 13.5. The summed E-state index contributed by atoms with van der Waals surface area (Å²) < 4.78 is 11.2. The van der Waals surface area contributed by atoms with Crippen LogP contribution in [0.25, 0.3) is 16.7 Å². The molecule has 154 valence electrons. The number of aliphatic hydroxyl groups excluding tert-OH is 1. The molecular formula is C24H27ClO4. The number of methoxy groups -OCH3 is 1. The van der Waals surface area contributed by atoms with Gasteiger partial charge in [0.05, 0.1) is 12.2 Å². The van der Waals surface area contributed by atoms with E-state index in [1.54, 1.807) is 20.8 Å². The summed E-state index contributed by atoms with van der Waals surface area (Å²) in [5, 5.41) is 11.7. The molecule has 1 atom stereocenters. The molecule has 0 saturated carbocycles. The van der Waals surface area contributed by atoms with Crippen LogP contribution in [0.1, 0.15) is 38.8 Å². The Balaban J connectivity index is 2.22. The van der Waals surface area contributed by atoms with E-state index in [0.29, 0.717) is 10.6 Å². The van der Waals surface area contributed by atoms with Gasteiger partial charge in [-0.15, -0.1) is 0 Å². The predicted octanol–water partition coefficient (Wildman–Crippen LogP) is 5.62. The number of ketones is 1. The number of rotatable bonds is 5. The van der Waals surface area contributed by atoms with E-state index in [2.05, 4.69) is 0 Å². The van der Waals surface area contributed by atoms with Gasteiger partial charge in [0, 0.05) is 12.1 Å². The SMILES string of the molecule is CCc1ccc(-c2ccc(Cl)cc2)cc1C1=C(O)C(C)(C)OC(C)(COC)C1=O. The highest BCUT2D eigenvalue weighted by atomic mass is 35.5. The highest BCUT2D eigenvalue weighted by molar-refractivity contribution is 6.30. The van der Waals surface area contributed by atoms with Gasteiger partial charge in [-0.2, -0.15) is 0 Å². The topological polar surface area (TPSA) is 55.8 Å². The Kier molecular flexibility index (Phi) is 5.91. The van der Waals surface area contributed by atoms with Crippen molar-refractivity contribution in [2.45, 2.75) is 45.3 Å². The summed E-state index contributed by atoms with van der Waals surface area (Å²) in [6.45, 7) is 7.36. The lowest BCUT2D eigenvalue weighted by Crippen LogP contribution is -2.53. The average Bonchev–Trinajstić information content (AvgIpc) is 2.67. The van der Waals surface area contributed by atoms with E-state index in [4.69, 9.17) is 21.1 Å². The molecule has 1 aliphatic rings. The van der Waals surface area contributed by atoms with Gasteiger partial charge in [-0.3, -0.25) is 4.79 Å². The predicted molar refractivity (Wildman–Crippen MR) is 116 cm³/mol. The van der Waals surface area contributed by atoms with E-state index >= 15 is 0 Å². The Labute approximate surface area is 177 Å². The molecule has 1 aliphatic heterocycles. The molecule has 4 nitrogen and oxygen atoms in total. The third-order valence-electron chi connectivity index (χ3n) is 5.35. The maximum atomic E-state index is 13.5. The van der Waals surface area contributed by atoms with Crippen LogP contribution in [-0.2, 0) is 20.7 Å². The number of aryl methyl sites for hydroxylation is 1. The highest BCUT2D eigenvalue weighted by Gasteiger charge is 2.50. The summed E-state index contributed by atoms with van der Waals surface area (Å²) in [6, 6.07) is 13.5. The molecule has 1 N–H and O–H groups in total. The van der Waals surface area contributed by atoms with E-state index in [1.807, 2.05) is 49.4 Å². The lowest BCUT2D eigenvalue weighted by molar-refractivity contribution is -0.173. The van der Waals surface area contributed by atoms with E-state index in [0.717, 1.165) is 28.7 Å². The van der Waals surface area contributed by atoms with Crippen molar-refractivity contribution in [3.05, 3.63) is 64.4 Å². The van der Waals surface area contributed by atoms with Crippen LogP contribution < -0.4 is 0 Å². The van der Waals surface area contributed by atoms with Gasteiger partial charge in [0.15, 0.2) is 5.60 Å². The first-order chi connectivity index (χ1) is 13.6. The van der Waals surface area contributed by atoms with Crippen molar-refractivity contribution >= 4 is 23.0 Å². The second-order valence-corrected chi connectivity index (χ2v) is 8.50. The smallest absolute Gasteiger partial charge is 0.200 e. The number of carbonyl (C=O) groups excluding carboxylic acids is 1. The van der Waals surface area contributed by atoms with E-state index in [-0.39, 0.29) is 18.1 Å². The zero-order valence-electron chi connectivity index (χ0n) is 17.5. The Morgan fingerprint density at radius 3 is 2.28 bits per heavy atom. The third kappa shape index (κ3) is 3.97. The summed E-state index contributed by atoms with van der Waals surface area (Å²) in [5.41, 5.74) is 1.74. The molecule has 0 aliphatic carbocycles. The van der Waals surface area contributed by atoms with Crippen LogP contribution in [0.2, 0.25) is 5.02 Å². The molecular weight excluding hydrogens is 388 g/mol. The lowest BCUT2D eigenvalue weighted by Gasteiger charge is -2.42. The summed E-state index contributed by atoms with van der Waals surface area (Å²) in [5.74, 6) is -0.335. The fourth-order valence-corrected chi connectivity index (χ4v) is 4.02. The Bertz CT molecular complexity index is 959. The van der Waals surface area contributed by atoms with E-state index < -0.39 is 11.2 Å². The fourth-order valence-electron chi connectivity index (χ4n) is 3.89. The molecule has 0 fully saturated rings. The van der Waals surface area contributed by atoms with Crippen LogP contribution in [0.4, 0.5) is 0 Å². The molecule has 2 aromatic rings. The molecule has 2 aromatic carbocycles. The number of benzene rings is 2. The number of Topliss-reactive ketones (excluding diaryl/α,β-unsaturated/α-hetero) is 1. The standard InChI is InChI=1S/C24H27ClO4/c1-6-15-7-8-17(16-9-11-18(25)12-10-16)13-19(15)20-21(26)23(2,3)29-24(4,14-28-5)22(20)27/h7-13,26H,6,14H2,1-5H3. The largest absolute Gasteiger partial charge is 0.508 e.